The van der Waals surface area contributed by atoms with Crippen molar-refractivity contribution in [1.82, 2.24) is 4.90 Å². The van der Waals surface area contributed by atoms with E-state index in [1.807, 2.05) is 30.3 Å². The summed E-state index contributed by atoms with van der Waals surface area (Å²) in [5.41, 5.74) is 0.819. The van der Waals surface area contributed by atoms with Crippen LogP contribution in [0.4, 0.5) is 4.79 Å². The molecular weight excluding hydrogens is 518 g/mol. The molecule has 2 aliphatic rings. The maximum absolute atomic E-state index is 14.1. The molecule has 0 aliphatic carbocycles. The number of ketones is 1. The number of fused-ring (bicyclic) bond motifs is 1. The molecule has 0 aromatic heterocycles. The Balaban J connectivity index is 1.82. The predicted octanol–water partition coefficient (Wildman–Crippen LogP) is 5.92. The summed E-state index contributed by atoms with van der Waals surface area (Å²) < 4.78 is 41.0. The Morgan fingerprint density at radius 1 is 1.03 bits per heavy atom. The molecule has 2 aromatic rings. The van der Waals surface area contributed by atoms with Crippen molar-refractivity contribution >= 4 is 30.0 Å². The maximum Gasteiger partial charge on any atom is 0.411 e. The van der Waals surface area contributed by atoms with E-state index in [1.165, 1.54) is 11.8 Å². The van der Waals surface area contributed by atoms with Crippen molar-refractivity contribution in [3.63, 3.8) is 0 Å². The molecule has 2 heterocycles. The van der Waals surface area contributed by atoms with E-state index in [4.69, 9.17) is 9.16 Å². The van der Waals surface area contributed by atoms with Crippen LogP contribution in [0.1, 0.15) is 58.6 Å². The SMILES string of the molecule is CC(=O)C[C@H]1[C@@H](O[Si](C)(C)C(C)(C)C)C[C@@H](S(=O)(=O)c2ccccc2)[C@H]2C[C@@H](c3ccccc3)OC(=O)N21. The summed E-state index contributed by atoms with van der Waals surface area (Å²) in [5.74, 6) is -0.0834. The van der Waals surface area contributed by atoms with Crippen LogP contribution >= 0.6 is 0 Å². The number of ether oxygens (including phenoxy) is 1. The molecular formula is C29H39NO6SSi. The van der Waals surface area contributed by atoms with E-state index in [1.54, 1.807) is 30.3 Å². The van der Waals surface area contributed by atoms with Crippen LogP contribution in [0, 0.1) is 0 Å². The molecule has 2 aromatic carbocycles. The highest BCUT2D eigenvalue weighted by Gasteiger charge is 2.56. The second kappa shape index (κ2) is 10.6. The van der Waals surface area contributed by atoms with Crippen molar-refractivity contribution in [2.75, 3.05) is 0 Å². The van der Waals surface area contributed by atoms with Gasteiger partial charge in [0.2, 0.25) is 0 Å². The van der Waals surface area contributed by atoms with Crippen LogP contribution in [0.2, 0.25) is 18.1 Å². The molecule has 1 amide bonds. The summed E-state index contributed by atoms with van der Waals surface area (Å²) >= 11 is 0. The number of benzene rings is 2. The Bertz CT molecular complexity index is 1260. The number of nitrogens with zero attached hydrogens (tertiary/aromatic N) is 1. The van der Waals surface area contributed by atoms with Gasteiger partial charge in [-0.25, -0.2) is 13.2 Å². The second-order valence-electron chi connectivity index (χ2n) is 12.0. The molecule has 0 bridgehead atoms. The normalized spacial score (nSPS) is 26.4. The van der Waals surface area contributed by atoms with Crippen LogP contribution in [0.15, 0.2) is 65.6 Å². The molecule has 0 radical (unpaired) electrons. The van der Waals surface area contributed by atoms with Crippen LogP contribution in [0.25, 0.3) is 0 Å². The number of carbonyl (C=O) groups excluding carboxylic acids is 2. The average molecular weight is 558 g/mol. The third-order valence-corrected chi connectivity index (χ3v) is 15.1. The van der Waals surface area contributed by atoms with Gasteiger partial charge in [-0.15, -0.1) is 0 Å². The summed E-state index contributed by atoms with van der Waals surface area (Å²) in [6.07, 6.45) is -1.18. The molecule has 2 fully saturated rings. The number of carbonyl (C=O) groups is 2. The minimum absolute atomic E-state index is 0.0823. The highest BCUT2D eigenvalue weighted by Crippen LogP contribution is 2.45. The number of hydrogen-bond donors (Lipinski definition) is 0. The van der Waals surface area contributed by atoms with Gasteiger partial charge in [0, 0.05) is 12.8 Å². The first-order valence-corrected chi connectivity index (χ1v) is 17.7. The highest BCUT2D eigenvalue weighted by molar-refractivity contribution is 7.92. The average Bonchev–Trinajstić information content (AvgIpc) is 2.85. The number of Topliss-reactive ketones (excluding diaryl/α,β-unsaturated/α-hetero) is 1. The highest BCUT2D eigenvalue weighted by atomic mass is 32.2. The lowest BCUT2D eigenvalue weighted by molar-refractivity contribution is -0.121. The first-order chi connectivity index (χ1) is 17.7. The van der Waals surface area contributed by atoms with Gasteiger partial charge < -0.3 is 9.16 Å². The zero-order valence-corrected chi connectivity index (χ0v) is 24.9. The minimum atomic E-state index is -3.84. The van der Waals surface area contributed by atoms with E-state index >= 15 is 0 Å². The van der Waals surface area contributed by atoms with Crippen molar-refractivity contribution in [1.29, 1.82) is 0 Å². The summed E-state index contributed by atoms with van der Waals surface area (Å²) in [6.45, 7) is 12.0. The summed E-state index contributed by atoms with van der Waals surface area (Å²) in [5, 5.41) is -1.04. The Labute approximate surface area is 227 Å². The number of hydrogen-bond acceptors (Lipinski definition) is 6. The Morgan fingerprint density at radius 2 is 1.61 bits per heavy atom. The standard InChI is InChI=1S/C29H39NO6SSi/c1-20(31)17-23-26(36-38(5,6)29(2,3)4)19-27(37(33,34)22-15-11-8-12-16-22)24-18-25(35-28(32)30(23)24)21-13-9-7-10-14-21/h7-16,23-27H,17-19H2,1-6H3/t23-,24+,25-,26-,27+/m0/s1. The zero-order chi connectivity index (χ0) is 27.9. The van der Waals surface area contributed by atoms with Gasteiger partial charge in [0.25, 0.3) is 0 Å². The van der Waals surface area contributed by atoms with Crippen molar-refractivity contribution in [2.24, 2.45) is 0 Å². The third-order valence-electron chi connectivity index (χ3n) is 8.34. The van der Waals surface area contributed by atoms with Gasteiger partial charge >= 0.3 is 6.09 Å². The van der Waals surface area contributed by atoms with Crippen LogP contribution in [0.5, 0.6) is 0 Å². The molecule has 4 rings (SSSR count). The fraction of sp³-hybridized carbons (Fsp3) is 0.517. The van der Waals surface area contributed by atoms with Crippen LogP contribution < -0.4 is 0 Å². The van der Waals surface area contributed by atoms with E-state index in [0.717, 1.165) is 5.56 Å². The molecule has 0 N–H and O–H groups in total. The Kier molecular flexibility index (Phi) is 7.94. The van der Waals surface area contributed by atoms with Crippen molar-refractivity contribution in [3.05, 3.63) is 66.2 Å². The first kappa shape index (κ1) is 28.5. The Morgan fingerprint density at radius 3 is 2.16 bits per heavy atom. The van der Waals surface area contributed by atoms with Gasteiger partial charge in [-0.2, -0.15) is 0 Å². The molecule has 5 atom stereocenters. The molecule has 0 unspecified atom stereocenters. The number of cyclic esters (lactones) is 1. The van der Waals surface area contributed by atoms with Crippen LogP contribution in [-0.2, 0) is 23.8 Å². The predicted molar refractivity (Wildman–Crippen MR) is 149 cm³/mol. The smallest absolute Gasteiger partial charge is 0.411 e. The molecule has 2 aliphatic heterocycles. The zero-order valence-electron chi connectivity index (χ0n) is 23.1. The maximum atomic E-state index is 14.1. The number of sulfone groups is 1. The monoisotopic (exact) mass is 557 g/mol. The van der Waals surface area contributed by atoms with Crippen molar-refractivity contribution < 1.29 is 27.2 Å². The molecule has 9 heteroatoms. The molecule has 206 valence electrons. The summed E-state index contributed by atoms with van der Waals surface area (Å²) in [6, 6.07) is 16.5. The molecule has 2 saturated heterocycles. The second-order valence-corrected chi connectivity index (χ2v) is 18.9. The quantitative estimate of drug-likeness (QED) is 0.393. The molecule has 0 spiro atoms. The van der Waals surface area contributed by atoms with E-state index in [0.29, 0.717) is 6.42 Å². The van der Waals surface area contributed by atoms with Crippen molar-refractivity contribution in [3.8, 4) is 0 Å². The van der Waals surface area contributed by atoms with E-state index in [-0.39, 0.29) is 28.6 Å². The summed E-state index contributed by atoms with van der Waals surface area (Å²) in [4.78, 5) is 27.9. The van der Waals surface area contributed by atoms with Gasteiger partial charge in [0.05, 0.1) is 28.3 Å². The Hall–Kier alpha value is -2.49. The molecule has 7 nitrogen and oxygen atoms in total. The van der Waals surface area contributed by atoms with E-state index in [9.17, 15) is 18.0 Å². The molecule has 0 saturated carbocycles. The third kappa shape index (κ3) is 5.60. The van der Waals surface area contributed by atoms with E-state index < -0.39 is 53.8 Å². The van der Waals surface area contributed by atoms with Crippen molar-refractivity contribution in [2.45, 2.75) is 99.5 Å². The topological polar surface area (TPSA) is 90.0 Å². The lowest BCUT2D eigenvalue weighted by Gasteiger charge is -2.54. The lowest BCUT2D eigenvalue weighted by atomic mass is 9.85. The lowest BCUT2D eigenvalue weighted by Crippen LogP contribution is -2.67. The number of amides is 1. The largest absolute Gasteiger partial charge is 0.441 e. The van der Waals surface area contributed by atoms with Gasteiger partial charge in [-0.05, 0) is 49.2 Å². The fourth-order valence-electron chi connectivity index (χ4n) is 5.33. The number of rotatable bonds is 7. The minimum Gasteiger partial charge on any atom is -0.441 e. The van der Waals surface area contributed by atoms with Gasteiger partial charge in [-0.1, -0.05) is 69.3 Å². The van der Waals surface area contributed by atoms with Crippen LogP contribution in [-0.4, -0.2) is 56.9 Å². The fourth-order valence-corrected chi connectivity index (χ4v) is 8.68. The van der Waals surface area contributed by atoms with Gasteiger partial charge in [-0.3, -0.25) is 9.69 Å². The molecule has 38 heavy (non-hydrogen) atoms. The first-order valence-electron chi connectivity index (χ1n) is 13.2. The van der Waals surface area contributed by atoms with Gasteiger partial charge in [0.15, 0.2) is 18.2 Å². The van der Waals surface area contributed by atoms with E-state index in [2.05, 4.69) is 33.9 Å². The van der Waals surface area contributed by atoms with Gasteiger partial charge in [0.1, 0.15) is 11.9 Å². The number of piperidine rings is 1. The summed E-state index contributed by atoms with van der Waals surface area (Å²) in [7, 11) is -6.22. The van der Waals surface area contributed by atoms with Crippen LogP contribution in [0.3, 0.4) is 0 Å².